The maximum absolute atomic E-state index is 13.9. The second-order valence-electron chi connectivity index (χ2n) is 9.53. The van der Waals surface area contributed by atoms with E-state index in [1.807, 2.05) is 23.2 Å². The van der Waals surface area contributed by atoms with Crippen LogP contribution < -0.4 is 10.2 Å². The van der Waals surface area contributed by atoms with Gasteiger partial charge in [0.2, 0.25) is 5.95 Å². The number of aromatic nitrogens is 4. The smallest absolute Gasteiger partial charge is 0.229 e. The summed E-state index contributed by atoms with van der Waals surface area (Å²) >= 11 is 0. The van der Waals surface area contributed by atoms with Crippen LogP contribution in [0.2, 0.25) is 0 Å². The Kier molecular flexibility index (Phi) is 7.51. The molecular weight excluding hydrogens is 463 g/mol. The Hall–Kier alpha value is -2.99. The topological polar surface area (TPSA) is 114 Å². The molecule has 36 heavy (non-hydrogen) atoms. The summed E-state index contributed by atoms with van der Waals surface area (Å²) < 4.78 is 13.9. The van der Waals surface area contributed by atoms with Crippen molar-refractivity contribution < 1.29 is 14.6 Å². The Bertz CT molecular complexity index is 1170. The molecule has 0 bridgehead atoms. The number of anilines is 3. The van der Waals surface area contributed by atoms with E-state index in [0.29, 0.717) is 41.8 Å². The summed E-state index contributed by atoms with van der Waals surface area (Å²) in [5.41, 5.74) is 2.25. The molecule has 11 heteroatoms. The molecule has 3 aromatic rings. The number of alkyl halides is 1. The Morgan fingerprint density at radius 3 is 2.56 bits per heavy atom. The fourth-order valence-corrected chi connectivity index (χ4v) is 4.72. The Morgan fingerprint density at radius 1 is 1.08 bits per heavy atom. The monoisotopic (exact) mass is 496 g/mol. The predicted molar refractivity (Wildman–Crippen MR) is 136 cm³/mol. The summed E-state index contributed by atoms with van der Waals surface area (Å²) in [6.07, 6.45) is 2.35. The first-order valence-electron chi connectivity index (χ1n) is 12.5. The number of rotatable bonds is 8. The molecule has 0 saturated carbocycles. The molecule has 192 valence electrons. The van der Waals surface area contributed by atoms with Gasteiger partial charge in [-0.15, -0.1) is 0 Å². The lowest BCUT2D eigenvalue weighted by Gasteiger charge is -2.34. The molecule has 0 unspecified atom stereocenters. The molecule has 0 aromatic carbocycles. The lowest BCUT2D eigenvalue weighted by atomic mass is 10.2. The Morgan fingerprint density at radius 2 is 1.89 bits per heavy atom. The number of β-amino-alcohol motifs (C(OH)–C–C–N with tert-alkyl or cyclic N) is 1. The summed E-state index contributed by atoms with van der Waals surface area (Å²) in [7, 11) is 0. The number of hydrogen-bond donors (Lipinski definition) is 3. The van der Waals surface area contributed by atoms with Crippen molar-refractivity contribution in [3.05, 3.63) is 41.9 Å². The Labute approximate surface area is 209 Å². The van der Waals surface area contributed by atoms with Crippen LogP contribution in [-0.2, 0) is 6.54 Å². The highest BCUT2D eigenvalue weighted by Gasteiger charge is 2.26. The van der Waals surface area contributed by atoms with Crippen molar-refractivity contribution in [1.29, 1.82) is 0 Å². The molecule has 5 heterocycles. The molecule has 0 radical (unpaired) electrons. The predicted octanol–water partition coefficient (Wildman–Crippen LogP) is 1.87. The van der Waals surface area contributed by atoms with Crippen molar-refractivity contribution in [2.45, 2.75) is 32.2 Å². The van der Waals surface area contributed by atoms with E-state index in [4.69, 9.17) is 5.11 Å². The average Bonchev–Trinajstić information content (AvgIpc) is 3.32. The number of hydrogen-bond acceptors (Lipinski definition) is 10. The fourth-order valence-electron chi connectivity index (χ4n) is 4.72. The van der Waals surface area contributed by atoms with Crippen LogP contribution in [0.1, 0.15) is 30.7 Å². The van der Waals surface area contributed by atoms with E-state index >= 15 is 0 Å². The van der Waals surface area contributed by atoms with Crippen LogP contribution in [0, 0.1) is 0 Å². The van der Waals surface area contributed by atoms with Gasteiger partial charge in [-0.2, -0.15) is 0 Å². The van der Waals surface area contributed by atoms with Gasteiger partial charge in [0, 0.05) is 63.6 Å². The second kappa shape index (κ2) is 11.0. The van der Waals surface area contributed by atoms with Gasteiger partial charge in [0.05, 0.1) is 24.9 Å². The van der Waals surface area contributed by atoms with E-state index in [-0.39, 0.29) is 13.2 Å². The minimum Gasteiger partial charge on any atom is -0.395 e. The first kappa shape index (κ1) is 24.7. The van der Waals surface area contributed by atoms with Gasteiger partial charge in [-0.25, -0.2) is 24.3 Å². The van der Waals surface area contributed by atoms with E-state index < -0.39 is 12.3 Å². The van der Waals surface area contributed by atoms with Gasteiger partial charge >= 0.3 is 0 Å². The molecule has 2 atom stereocenters. The van der Waals surface area contributed by atoms with E-state index in [1.54, 1.807) is 19.2 Å². The number of aliphatic hydroxyl groups is 2. The molecule has 0 spiro atoms. The first-order chi connectivity index (χ1) is 17.5. The minimum absolute atomic E-state index is 0.205. The van der Waals surface area contributed by atoms with Crippen LogP contribution in [-0.4, -0.2) is 98.5 Å². The average molecular weight is 497 g/mol. The highest BCUT2D eigenvalue weighted by atomic mass is 19.1. The highest BCUT2D eigenvalue weighted by molar-refractivity contribution is 5.89. The van der Waals surface area contributed by atoms with Gasteiger partial charge < -0.3 is 20.4 Å². The molecular formula is C25H33FN8O2. The standard InChI is InChI=1S/C25H33FN8O2/c1-17(36)21-12-19-14-28-25(31-23(19)24(29-21)34-5-4-20(26)16-34)30-22-3-2-18(13-27-22)15-33-8-6-32(7-9-33)10-11-35/h2-3,12-14,17,20,35-36H,4-11,15-16H2,1H3,(H,27,28,30,31)/t17-,20+/m1/s1. The number of aliphatic hydroxyl groups excluding tert-OH is 2. The second-order valence-corrected chi connectivity index (χ2v) is 9.53. The molecule has 2 saturated heterocycles. The molecule has 3 aromatic heterocycles. The van der Waals surface area contributed by atoms with E-state index in [9.17, 15) is 9.50 Å². The number of nitrogens with zero attached hydrogens (tertiary/aromatic N) is 7. The van der Waals surface area contributed by atoms with Gasteiger partial charge in [-0.1, -0.05) is 6.07 Å². The molecule has 2 aliphatic rings. The first-order valence-corrected chi connectivity index (χ1v) is 12.5. The molecule has 2 aliphatic heterocycles. The fraction of sp³-hybridized carbons (Fsp3) is 0.520. The van der Waals surface area contributed by atoms with Crippen molar-refractivity contribution in [2.75, 3.05) is 62.6 Å². The summed E-state index contributed by atoms with van der Waals surface area (Å²) in [6, 6.07) is 5.73. The largest absolute Gasteiger partial charge is 0.395 e. The zero-order valence-corrected chi connectivity index (χ0v) is 20.5. The summed E-state index contributed by atoms with van der Waals surface area (Å²) in [6.45, 7) is 8.11. The molecule has 5 rings (SSSR count). The van der Waals surface area contributed by atoms with E-state index in [0.717, 1.165) is 50.2 Å². The molecule has 10 nitrogen and oxygen atoms in total. The summed E-state index contributed by atoms with van der Waals surface area (Å²) in [5, 5.41) is 23.1. The van der Waals surface area contributed by atoms with Crippen molar-refractivity contribution in [3.8, 4) is 0 Å². The third-order valence-corrected chi connectivity index (χ3v) is 6.78. The van der Waals surface area contributed by atoms with Gasteiger partial charge in [0.1, 0.15) is 17.5 Å². The lowest BCUT2D eigenvalue weighted by Crippen LogP contribution is -2.46. The van der Waals surface area contributed by atoms with Crippen LogP contribution >= 0.6 is 0 Å². The molecule has 0 aliphatic carbocycles. The van der Waals surface area contributed by atoms with Gasteiger partial charge in [0.25, 0.3) is 0 Å². The highest BCUT2D eigenvalue weighted by Crippen LogP contribution is 2.30. The van der Waals surface area contributed by atoms with Crippen LogP contribution in [0.3, 0.4) is 0 Å². The number of piperazine rings is 1. The van der Waals surface area contributed by atoms with Crippen LogP contribution in [0.15, 0.2) is 30.6 Å². The molecule has 2 fully saturated rings. The van der Waals surface area contributed by atoms with Crippen molar-refractivity contribution in [1.82, 2.24) is 29.7 Å². The summed E-state index contributed by atoms with van der Waals surface area (Å²) in [4.78, 5) is 24.8. The maximum atomic E-state index is 13.9. The number of pyridine rings is 2. The number of halogens is 1. The third-order valence-electron chi connectivity index (χ3n) is 6.78. The van der Waals surface area contributed by atoms with Crippen LogP contribution in [0.25, 0.3) is 10.9 Å². The van der Waals surface area contributed by atoms with Crippen molar-refractivity contribution >= 4 is 28.5 Å². The maximum Gasteiger partial charge on any atom is 0.229 e. The van der Waals surface area contributed by atoms with Crippen LogP contribution in [0.4, 0.5) is 22.0 Å². The Balaban J connectivity index is 1.29. The van der Waals surface area contributed by atoms with Crippen LogP contribution in [0.5, 0.6) is 0 Å². The zero-order valence-electron chi connectivity index (χ0n) is 20.5. The van der Waals surface area contributed by atoms with Gasteiger partial charge in [-0.3, -0.25) is 9.80 Å². The summed E-state index contributed by atoms with van der Waals surface area (Å²) in [5.74, 6) is 1.58. The minimum atomic E-state index is -0.899. The lowest BCUT2D eigenvalue weighted by molar-refractivity contribution is 0.108. The van der Waals surface area contributed by atoms with Crippen molar-refractivity contribution in [2.24, 2.45) is 0 Å². The zero-order chi connectivity index (χ0) is 25.1. The normalized spacial score (nSPS) is 20.2. The molecule has 3 N–H and O–H groups in total. The van der Waals surface area contributed by atoms with E-state index in [2.05, 4.69) is 35.1 Å². The van der Waals surface area contributed by atoms with Gasteiger partial charge in [-0.05, 0) is 31.0 Å². The van der Waals surface area contributed by atoms with Gasteiger partial charge in [0.15, 0.2) is 5.82 Å². The molecule has 0 amide bonds. The number of fused-ring (bicyclic) bond motifs is 1. The quantitative estimate of drug-likeness (QED) is 0.427. The third kappa shape index (κ3) is 5.70. The van der Waals surface area contributed by atoms with E-state index in [1.165, 1.54) is 0 Å². The van der Waals surface area contributed by atoms with Crippen molar-refractivity contribution in [3.63, 3.8) is 0 Å². The SMILES string of the molecule is C[C@@H](O)c1cc2cnc(Nc3ccc(CN4CCN(CCO)CC4)cn3)nc2c(N2CC[C@H](F)C2)n1. The number of nitrogens with one attached hydrogen (secondary N) is 1.